The van der Waals surface area contributed by atoms with Crippen LogP contribution in [0.3, 0.4) is 0 Å². The van der Waals surface area contributed by atoms with Crippen molar-refractivity contribution in [1.29, 1.82) is 0 Å². The molecule has 1 saturated heterocycles. The normalized spacial score (nSPS) is 16.7. The van der Waals surface area contributed by atoms with E-state index in [0.717, 1.165) is 19.3 Å². The molecule has 29 heavy (non-hydrogen) atoms. The van der Waals surface area contributed by atoms with Gasteiger partial charge in [0.05, 0.1) is 0 Å². The summed E-state index contributed by atoms with van der Waals surface area (Å²) >= 11 is 0. The lowest BCUT2D eigenvalue weighted by Crippen LogP contribution is -2.49. The Bertz CT molecular complexity index is 867. The van der Waals surface area contributed by atoms with Crippen molar-refractivity contribution in [3.63, 3.8) is 0 Å². The van der Waals surface area contributed by atoms with Gasteiger partial charge >= 0.3 is 0 Å². The van der Waals surface area contributed by atoms with Gasteiger partial charge in [0.1, 0.15) is 5.82 Å². The minimum absolute atomic E-state index is 0.000529. The molecule has 0 spiro atoms. The van der Waals surface area contributed by atoms with E-state index >= 15 is 0 Å². The summed E-state index contributed by atoms with van der Waals surface area (Å²) in [6.07, 6.45) is 3.65. The van der Waals surface area contributed by atoms with Gasteiger partial charge in [0.2, 0.25) is 23.5 Å². The predicted molar refractivity (Wildman–Crippen MR) is 105 cm³/mol. The Kier molecular flexibility index (Phi) is 6.95. The maximum absolute atomic E-state index is 13.7. The first-order valence-electron chi connectivity index (χ1n) is 10.1. The summed E-state index contributed by atoms with van der Waals surface area (Å²) < 4.78 is 18.9. The molecule has 1 fully saturated rings. The third kappa shape index (κ3) is 5.62. The first kappa shape index (κ1) is 21.0. The fourth-order valence-corrected chi connectivity index (χ4v) is 3.43. The summed E-state index contributed by atoms with van der Waals surface area (Å²) in [5.41, 5.74) is 1.09. The molecule has 0 aliphatic carbocycles. The number of hydrogen-bond donors (Lipinski definition) is 1. The maximum Gasteiger partial charge on any atom is 0.227 e. The van der Waals surface area contributed by atoms with Gasteiger partial charge in [-0.25, -0.2) is 4.39 Å². The molecular weight excluding hydrogens is 375 g/mol. The highest BCUT2D eigenvalue weighted by Gasteiger charge is 2.25. The van der Waals surface area contributed by atoms with Crippen LogP contribution in [-0.2, 0) is 16.0 Å². The van der Waals surface area contributed by atoms with Crippen LogP contribution in [0.5, 0.6) is 0 Å². The van der Waals surface area contributed by atoms with Gasteiger partial charge in [-0.2, -0.15) is 4.98 Å². The van der Waals surface area contributed by atoms with Crippen molar-refractivity contribution in [3.05, 3.63) is 35.5 Å². The van der Waals surface area contributed by atoms with Gasteiger partial charge in [0.25, 0.3) is 0 Å². The van der Waals surface area contributed by atoms with Crippen molar-refractivity contribution in [2.75, 3.05) is 13.1 Å². The number of likely N-dealkylation sites (tertiary alicyclic amines) is 1. The van der Waals surface area contributed by atoms with Crippen molar-refractivity contribution in [3.8, 4) is 11.4 Å². The Balaban J connectivity index is 1.52. The number of nitrogens with one attached hydrogen (secondary N) is 1. The van der Waals surface area contributed by atoms with E-state index in [0.29, 0.717) is 48.8 Å². The highest BCUT2D eigenvalue weighted by Crippen LogP contribution is 2.20. The molecule has 7 nitrogen and oxygen atoms in total. The Morgan fingerprint density at radius 3 is 2.93 bits per heavy atom. The first-order chi connectivity index (χ1) is 14.0. The molecule has 1 aromatic carbocycles. The lowest BCUT2D eigenvalue weighted by molar-refractivity contribution is -0.133. The van der Waals surface area contributed by atoms with Crippen LogP contribution < -0.4 is 5.32 Å². The van der Waals surface area contributed by atoms with Crippen molar-refractivity contribution in [2.24, 2.45) is 0 Å². The molecule has 0 bridgehead atoms. The van der Waals surface area contributed by atoms with E-state index in [4.69, 9.17) is 4.52 Å². The first-order valence-corrected chi connectivity index (χ1v) is 10.1. The number of nitrogens with zero attached hydrogens (tertiary/aromatic N) is 3. The Morgan fingerprint density at radius 2 is 2.17 bits per heavy atom. The summed E-state index contributed by atoms with van der Waals surface area (Å²) in [6, 6.07) is 4.78. The number of carbonyl (C=O) groups excluding carboxylic acids is 2. The number of benzene rings is 1. The molecule has 3 rings (SSSR count). The predicted octanol–water partition coefficient (Wildman–Crippen LogP) is 3.02. The number of carbonyl (C=O) groups is 2. The lowest BCUT2D eigenvalue weighted by atomic mass is 10.0. The average Bonchev–Trinajstić information content (AvgIpc) is 3.17. The summed E-state index contributed by atoms with van der Waals surface area (Å²) in [4.78, 5) is 30.4. The largest absolute Gasteiger partial charge is 0.352 e. The summed E-state index contributed by atoms with van der Waals surface area (Å²) in [5, 5.41) is 6.89. The van der Waals surface area contributed by atoms with Crippen molar-refractivity contribution >= 4 is 11.8 Å². The standard InChI is InChI=1S/C21H27FN4O3/c1-3-5-18(27)23-16-6-4-11-26(13-16)20(28)10-9-19-24-21(25-29-19)15-8-7-14(2)17(22)12-15/h7-8,12,16H,3-6,9-11,13H2,1-2H3,(H,23,27). The molecule has 1 aliphatic rings. The van der Waals surface area contributed by atoms with Crippen molar-refractivity contribution in [1.82, 2.24) is 20.4 Å². The van der Waals surface area contributed by atoms with Crippen LogP contribution in [0.4, 0.5) is 4.39 Å². The van der Waals surface area contributed by atoms with E-state index in [2.05, 4.69) is 15.5 Å². The molecule has 2 heterocycles. The van der Waals surface area contributed by atoms with Gasteiger partial charge in [0, 0.05) is 44.0 Å². The Labute approximate surface area is 169 Å². The van der Waals surface area contributed by atoms with Gasteiger partial charge in [-0.05, 0) is 37.8 Å². The minimum Gasteiger partial charge on any atom is -0.352 e. The molecule has 156 valence electrons. The highest BCUT2D eigenvalue weighted by atomic mass is 19.1. The molecule has 1 atom stereocenters. The van der Waals surface area contributed by atoms with E-state index < -0.39 is 0 Å². The number of aryl methyl sites for hydroxylation is 2. The van der Waals surface area contributed by atoms with Crippen LogP contribution in [0.15, 0.2) is 22.7 Å². The van der Waals surface area contributed by atoms with Crippen LogP contribution in [0, 0.1) is 12.7 Å². The van der Waals surface area contributed by atoms with Crippen LogP contribution in [0.25, 0.3) is 11.4 Å². The second kappa shape index (κ2) is 9.62. The number of hydrogen-bond acceptors (Lipinski definition) is 5. The molecule has 2 aromatic rings. The van der Waals surface area contributed by atoms with Crippen LogP contribution in [0.2, 0.25) is 0 Å². The molecule has 0 radical (unpaired) electrons. The van der Waals surface area contributed by atoms with E-state index in [1.807, 2.05) is 6.92 Å². The minimum atomic E-state index is -0.324. The summed E-state index contributed by atoms with van der Waals surface area (Å²) in [5.74, 6) is 0.371. The van der Waals surface area contributed by atoms with Gasteiger partial charge in [-0.3, -0.25) is 9.59 Å². The number of amides is 2. The third-order valence-corrected chi connectivity index (χ3v) is 5.07. The number of rotatable bonds is 7. The Hall–Kier alpha value is -2.77. The number of piperidine rings is 1. The molecule has 1 N–H and O–H groups in total. The lowest BCUT2D eigenvalue weighted by Gasteiger charge is -2.33. The number of halogens is 1. The Morgan fingerprint density at radius 1 is 1.34 bits per heavy atom. The van der Waals surface area contributed by atoms with Crippen LogP contribution >= 0.6 is 0 Å². The molecule has 1 aromatic heterocycles. The zero-order chi connectivity index (χ0) is 20.8. The SMILES string of the molecule is CCCC(=O)NC1CCCN(C(=O)CCc2nc(-c3ccc(C)c(F)c3)no2)C1. The number of aromatic nitrogens is 2. The van der Waals surface area contributed by atoms with Gasteiger partial charge in [0.15, 0.2) is 0 Å². The zero-order valence-corrected chi connectivity index (χ0v) is 16.9. The molecule has 0 saturated carbocycles. The van der Waals surface area contributed by atoms with Gasteiger partial charge in [-0.1, -0.05) is 24.2 Å². The molecule has 8 heteroatoms. The van der Waals surface area contributed by atoms with E-state index in [1.165, 1.54) is 6.07 Å². The van der Waals surface area contributed by atoms with Crippen molar-refractivity contribution < 1.29 is 18.5 Å². The van der Waals surface area contributed by atoms with E-state index in [9.17, 15) is 14.0 Å². The molecule has 1 aliphatic heterocycles. The topological polar surface area (TPSA) is 88.3 Å². The highest BCUT2D eigenvalue weighted by molar-refractivity contribution is 5.78. The quantitative estimate of drug-likeness (QED) is 0.769. The second-order valence-corrected chi connectivity index (χ2v) is 7.47. The van der Waals surface area contributed by atoms with Crippen molar-refractivity contribution in [2.45, 2.75) is 58.4 Å². The zero-order valence-electron chi connectivity index (χ0n) is 16.9. The third-order valence-electron chi connectivity index (χ3n) is 5.07. The molecule has 2 amide bonds. The fraction of sp³-hybridized carbons (Fsp3) is 0.524. The summed E-state index contributed by atoms with van der Waals surface area (Å²) in [6.45, 7) is 4.88. The van der Waals surface area contributed by atoms with Gasteiger partial charge < -0.3 is 14.7 Å². The molecule has 1 unspecified atom stereocenters. The second-order valence-electron chi connectivity index (χ2n) is 7.47. The fourth-order valence-electron chi connectivity index (χ4n) is 3.43. The smallest absolute Gasteiger partial charge is 0.227 e. The van der Waals surface area contributed by atoms with Gasteiger partial charge in [-0.15, -0.1) is 0 Å². The monoisotopic (exact) mass is 402 g/mol. The summed E-state index contributed by atoms with van der Waals surface area (Å²) in [7, 11) is 0. The van der Waals surface area contributed by atoms with Crippen LogP contribution in [0.1, 0.15) is 50.5 Å². The maximum atomic E-state index is 13.7. The average molecular weight is 402 g/mol. The van der Waals surface area contributed by atoms with Crippen LogP contribution in [-0.4, -0.2) is 46.0 Å². The van der Waals surface area contributed by atoms with E-state index in [-0.39, 0.29) is 30.1 Å². The van der Waals surface area contributed by atoms with E-state index in [1.54, 1.807) is 24.0 Å². The molecular formula is C21H27FN4O3.